The summed E-state index contributed by atoms with van der Waals surface area (Å²) in [5, 5.41) is 2.26. The predicted octanol–water partition coefficient (Wildman–Crippen LogP) is 3.00. The Hall–Kier alpha value is -2.67. The number of carbonyl (C=O) groups is 2. The maximum Gasteiger partial charge on any atom is 0.340 e. The Morgan fingerprint density at radius 2 is 1.83 bits per heavy atom. The number of nitrogen functional groups attached to an aromatic ring is 1. The second kappa shape index (κ2) is 7.06. The standard InChI is InChI=1S/C15H11ClF2N2O3/c16-8-4-5-12(19)9(6-8)15(22)23-7-13(21)20-14-10(17)2-1-3-11(14)18/h1-6H,7,19H2,(H,20,21). The Labute approximate surface area is 135 Å². The second-order valence-electron chi connectivity index (χ2n) is 4.45. The maximum absolute atomic E-state index is 13.4. The summed E-state index contributed by atoms with van der Waals surface area (Å²) in [5.41, 5.74) is 5.10. The van der Waals surface area contributed by atoms with Gasteiger partial charge in [-0.1, -0.05) is 17.7 Å². The number of ether oxygens (including phenoxy) is 1. The number of nitrogens with two attached hydrogens (primary N) is 1. The van der Waals surface area contributed by atoms with E-state index >= 15 is 0 Å². The van der Waals surface area contributed by atoms with Crippen molar-refractivity contribution in [2.24, 2.45) is 0 Å². The van der Waals surface area contributed by atoms with Gasteiger partial charge in [0.15, 0.2) is 6.61 Å². The lowest BCUT2D eigenvalue weighted by molar-refractivity contribution is -0.119. The minimum atomic E-state index is -0.941. The van der Waals surface area contributed by atoms with Gasteiger partial charge in [0.05, 0.1) is 5.56 Å². The number of rotatable bonds is 4. The van der Waals surface area contributed by atoms with E-state index < -0.39 is 35.8 Å². The highest BCUT2D eigenvalue weighted by atomic mass is 35.5. The van der Waals surface area contributed by atoms with Crippen molar-refractivity contribution in [1.29, 1.82) is 0 Å². The molecule has 0 saturated heterocycles. The molecule has 0 fully saturated rings. The lowest BCUT2D eigenvalue weighted by atomic mass is 10.2. The number of anilines is 2. The normalized spacial score (nSPS) is 10.2. The fourth-order valence-corrected chi connectivity index (χ4v) is 1.88. The number of benzene rings is 2. The molecule has 0 radical (unpaired) electrons. The molecule has 2 aromatic carbocycles. The highest BCUT2D eigenvalue weighted by molar-refractivity contribution is 6.31. The first-order chi connectivity index (χ1) is 10.9. The lowest BCUT2D eigenvalue weighted by Crippen LogP contribution is -2.22. The largest absolute Gasteiger partial charge is 0.452 e. The molecule has 0 heterocycles. The summed E-state index contributed by atoms with van der Waals surface area (Å²) in [5.74, 6) is -3.66. The van der Waals surface area contributed by atoms with Crippen LogP contribution in [-0.4, -0.2) is 18.5 Å². The predicted molar refractivity (Wildman–Crippen MR) is 81.1 cm³/mol. The van der Waals surface area contributed by atoms with E-state index in [1.807, 2.05) is 5.32 Å². The molecule has 0 aliphatic carbocycles. The van der Waals surface area contributed by atoms with Crippen LogP contribution in [0.2, 0.25) is 5.02 Å². The molecule has 23 heavy (non-hydrogen) atoms. The number of carbonyl (C=O) groups excluding carboxylic acids is 2. The minimum absolute atomic E-state index is 0.0117. The Balaban J connectivity index is 1.99. The van der Waals surface area contributed by atoms with E-state index in [-0.39, 0.29) is 16.3 Å². The van der Waals surface area contributed by atoms with Crippen LogP contribution in [0.4, 0.5) is 20.2 Å². The molecule has 0 spiro atoms. The van der Waals surface area contributed by atoms with Gasteiger partial charge in [-0.3, -0.25) is 4.79 Å². The summed E-state index contributed by atoms with van der Waals surface area (Å²) in [7, 11) is 0. The van der Waals surface area contributed by atoms with Gasteiger partial charge in [-0.05, 0) is 30.3 Å². The second-order valence-corrected chi connectivity index (χ2v) is 4.89. The minimum Gasteiger partial charge on any atom is -0.452 e. The molecule has 120 valence electrons. The third kappa shape index (κ3) is 4.17. The van der Waals surface area contributed by atoms with Crippen molar-refractivity contribution in [2.45, 2.75) is 0 Å². The Morgan fingerprint density at radius 1 is 1.17 bits per heavy atom. The van der Waals surface area contributed by atoms with Gasteiger partial charge < -0.3 is 15.8 Å². The molecule has 0 saturated carbocycles. The van der Waals surface area contributed by atoms with Crippen molar-refractivity contribution >= 4 is 34.9 Å². The van der Waals surface area contributed by atoms with Gasteiger partial charge in [-0.2, -0.15) is 0 Å². The third-order valence-electron chi connectivity index (χ3n) is 2.80. The molecular formula is C15H11ClF2N2O3. The molecule has 3 N–H and O–H groups in total. The first-order valence-electron chi connectivity index (χ1n) is 6.34. The smallest absolute Gasteiger partial charge is 0.340 e. The summed E-state index contributed by atoms with van der Waals surface area (Å²) in [6.45, 7) is -0.738. The van der Waals surface area contributed by atoms with Crippen molar-refractivity contribution in [3.63, 3.8) is 0 Å². The van der Waals surface area contributed by atoms with Gasteiger partial charge in [-0.15, -0.1) is 0 Å². The SMILES string of the molecule is Nc1ccc(Cl)cc1C(=O)OCC(=O)Nc1c(F)cccc1F. The van der Waals surface area contributed by atoms with E-state index in [1.54, 1.807) is 0 Å². The molecule has 8 heteroatoms. The maximum atomic E-state index is 13.4. The molecule has 0 unspecified atom stereocenters. The van der Waals surface area contributed by atoms with E-state index in [9.17, 15) is 18.4 Å². The van der Waals surface area contributed by atoms with Crippen molar-refractivity contribution in [2.75, 3.05) is 17.7 Å². The molecule has 1 amide bonds. The summed E-state index contributed by atoms with van der Waals surface area (Å²) in [6.07, 6.45) is 0. The van der Waals surface area contributed by atoms with E-state index in [4.69, 9.17) is 22.1 Å². The Bertz CT molecular complexity index is 748. The number of nitrogens with one attached hydrogen (secondary N) is 1. The van der Waals surface area contributed by atoms with Gasteiger partial charge in [0.1, 0.15) is 17.3 Å². The molecule has 2 rings (SSSR count). The summed E-state index contributed by atoms with van der Waals surface area (Å²) < 4.78 is 31.5. The number of esters is 1. The van der Waals surface area contributed by atoms with Crippen LogP contribution in [-0.2, 0) is 9.53 Å². The molecule has 0 aliphatic rings. The Morgan fingerprint density at radius 3 is 2.48 bits per heavy atom. The van der Waals surface area contributed by atoms with Gasteiger partial charge in [0.2, 0.25) is 0 Å². The number of hydrogen-bond donors (Lipinski definition) is 2. The van der Waals surface area contributed by atoms with Gasteiger partial charge >= 0.3 is 5.97 Å². The molecule has 0 atom stereocenters. The van der Waals surface area contributed by atoms with E-state index in [2.05, 4.69) is 0 Å². The van der Waals surface area contributed by atoms with Gasteiger partial charge in [0, 0.05) is 10.7 Å². The van der Waals surface area contributed by atoms with Crippen LogP contribution in [0.25, 0.3) is 0 Å². The fraction of sp³-hybridized carbons (Fsp3) is 0.0667. The van der Waals surface area contributed by atoms with E-state index in [0.717, 1.165) is 18.2 Å². The van der Waals surface area contributed by atoms with Crippen LogP contribution in [0.3, 0.4) is 0 Å². The van der Waals surface area contributed by atoms with Crippen LogP contribution in [0, 0.1) is 11.6 Å². The van der Waals surface area contributed by atoms with Gasteiger partial charge in [0.25, 0.3) is 5.91 Å². The number of hydrogen-bond acceptors (Lipinski definition) is 4. The van der Waals surface area contributed by atoms with Crippen LogP contribution >= 0.6 is 11.6 Å². The summed E-state index contributed by atoms with van der Waals surface area (Å²) in [6, 6.07) is 7.31. The van der Waals surface area contributed by atoms with Crippen LogP contribution in [0.5, 0.6) is 0 Å². The quantitative estimate of drug-likeness (QED) is 0.662. The van der Waals surface area contributed by atoms with Crippen molar-refractivity contribution in [3.8, 4) is 0 Å². The van der Waals surface area contributed by atoms with Crippen LogP contribution in [0.15, 0.2) is 36.4 Å². The number of halogens is 3. The van der Waals surface area contributed by atoms with Gasteiger partial charge in [-0.25, -0.2) is 13.6 Å². The molecule has 0 aliphatic heterocycles. The molecule has 2 aromatic rings. The monoisotopic (exact) mass is 340 g/mol. The van der Waals surface area contributed by atoms with Crippen molar-refractivity contribution < 1.29 is 23.1 Å². The average molecular weight is 341 g/mol. The Kier molecular flexibility index (Phi) is 5.13. The van der Waals surface area contributed by atoms with Crippen LogP contribution in [0.1, 0.15) is 10.4 Å². The topological polar surface area (TPSA) is 81.4 Å². The zero-order valence-corrected chi connectivity index (χ0v) is 12.4. The molecule has 0 bridgehead atoms. The molecule has 0 aromatic heterocycles. The molecular weight excluding hydrogens is 330 g/mol. The molecule has 5 nitrogen and oxygen atoms in total. The van der Waals surface area contributed by atoms with E-state index in [1.165, 1.54) is 18.2 Å². The zero-order chi connectivity index (χ0) is 17.0. The van der Waals surface area contributed by atoms with Crippen LogP contribution < -0.4 is 11.1 Å². The number of amides is 1. The summed E-state index contributed by atoms with van der Waals surface area (Å²) in [4.78, 5) is 23.4. The third-order valence-corrected chi connectivity index (χ3v) is 3.03. The van der Waals surface area contributed by atoms with Crippen molar-refractivity contribution in [3.05, 3.63) is 58.6 Å². The van der Waals surface area contributed by atoms with Crippen molar-refractivity contribution in [1.82, 2.24) is 0 Å². The number of para-hydroxylation sites is 1. The van der Waals surface area contributed by atoms with E-state index in [0.29, 0.717) is 0 Å². The zero-order valence-electron chi connectivity index (χ0n) is 11.6. The average Bonchev–Trinajstić information content (AvgIpc) is 2.51. The lowest BCUT2D eigenvalue weighted by Gasteiger charge is -2.09. The fourth-order valence-electron chi connectivity index (χ4n) is 1.71. The highest BCUT2D eigenvalue weighted by Gasteiger charge is 2.16. The summed E-state index contributed by atoms with van der Waals surface area (Å²) >= 11 is 5.74. The first kappa shape index (κ1) is 16.7. The highest BCUT2D eigenvalue weighted by Crippen LogP contribution is 2.19. The first-order valence-corrected chi connectivity index (χ1v) is 6.72.